The van der Waals surface area contributed by atoms with E-state index in [0.717, 1.165) is 13.1 Å². The number of carbonyl (C=O) groups excluding carboxylic acids is 1. The summed E-state index contributed by atoms with van der Waals surface area (Å²) in [6, 6.07) is 0.259. The quantitative estimate of drug-likeness (QED) is 0.565. The molecule has 1 amide bonds. The minimum absolute atomic E-state index is 0.162. The minimum Gasteiger partial charge on any atom is -0.377 e. The summed E-state index contributed by atoms with van der Waals surface area (Å²) in [5.74, 6) is 0.162. The normalized spacial score (nSPS) is 27.1. The first-order chi connectivity index (χ1) is 5.71. The Morgan fingerprint density at radius 2 is 2.25 bits per heavy atom. The van der Waals surface area contributed by atoms with E-state index in [1.165, 1.54) is 0 Å². The number of hydrogen-bond donors (Lipinski definition) is 2. The van der Waals surface area contributed by atoms with Crippen LogP contribution in [0, 0.1) is 5.41 Å². The monoisotopic (exact) mass is 170 g/mol. The van der Waals surface area contributed by atoms with Gasteiger partial charge in [0, 0.05) is 13.1 Å². The molecule has 0 saturated carbocycles. The third-order valence-electron chi connectivity index (χ3n) is 2.55. The molecule has 0 aromatic carbocycles. The Labute approximate surface area is 71.7 Å². The number of hydrogen-bond acceptors (Lipinski definition) is 3. The topological polar surface area (TPSA) is 50.4 Å². The maximum Gasteiger partial charge on any atom is 0.228 e. The molecule has 4 heteroatoms. The molecule has 0 aromatic rings. The Kier molecular flexibility index (Phi) is 1.81. The van der Waals surface area contributed by atoms with Crippen LogP contribution in [0.4, 0.5) is 0 Å². The number of amides is 1. The van der Waals surface area contributed by atoms with E-state index in [4.69, 9.17) is 4.74 Å². The Morgan fingerprint density at radius 1 is 1.58 bits per heavy atom. The average molecular weight is 170 g/mol. The third-order valence-corrected chi connectivity index (χ3v) is 2.55. The largest absolute Gasteiger partial charge is 0.377 e. The molecule has 2 rings (SSSR count). The molecule has 0 aromatic heterocycles. The summed E-state index contributed by atoms with van der Waals surface area (Å²) in [6.45, 7) is 4.93. The van der Waals surface area contributed by atoms with Crippen molar-refractivity contribution in [1.29, 1.82) is 0 Å². The summed E-state index contributed by atoms with van der Waals surface area (Å²) < 4.78 is 4.97. The van der Waals surface area contributed by atoms with Crippen molar-refractivity contribution in [2.45, 2.75) is 13.0 Å². The van der Waals surface area contributed by atoms with Crippen molar-refractivity contribution in [3.63, 3.8) is 0 Å². The molecule has 2 aliphatic rings. The zero-order chi connectivity index (χ0) is 8.60. The van der Waals surface area contributed by atoms with Crippen molar-refractivity contribution < 1.29 is 9.53 Å². The molecule has 2 aliphatic heterocycles. The summed E-state index contributed by atoms with van der Waals surface area (Å²) in [5.41, 5.74) is -0.171. The highest BCUT2D eigenvalue weighted by atomic mass is 16.5. The SMILES string of the molecule is CC1(C(=O)NC2COC2)CNC1. The molecule has 0 radical (unpaired) electrons. The lowest BCUT2D eigenvalue weighted by Crippen LogP contribution is -2.63. The van der Waals surface area contributed by atoms with Gasteiger partial charge in [-0.05, 0) is 6.92 Å². The molecule has 0 atom stereocenters. The van der Waals surface area contributed by atoms with Gasteiger partial charge >= 0.3 is 0 Å². The van der Waals surface area contributed by atoms with E-state index in [1.54, 1.807) is 0 Å². The van der Waals surface area contributed by atoms with Crippen LogP contribution in [0.1, 0.15) is 6.92 Å². The van der Waals surface area contributed by atoms with Gasteiger partial charge in [0.05, 0.1) is 24.7 Å². The van der Waals surface area contributed by atoms with Crippen LogP contribution < -0.4 is 10.6 Å². The highest BCUT2D eigenvalue weighted by Crippen LogP contribution is 2.21. The van der Waals surface area contributed by atoms with Crippen molar-refractivity contribution in [2.75, 3.05) is 26.3 Å². The zero-order valence-corrected chi connectivity index (χ0v) is 7.22. The highest BCUT2D eigenvalue weighted by Gasteiger charge is 2.40. The molecule has 2 heterocycles. The summed E-state index contributed by atoms with van der Waals surface area (Å²) in [5, 5.41) is 6.05. The first-order valence-electron chi connectivity index (χ1n) is 4.30. The smallest absolute Gasteiger partial charge is 0.228 e. The van der Waals surface area contributed by atoms with Gasteiger partial charge < -0.3 is 15.4 Å². The Hall–Kier alpha value is -0.610. The molecule has 68 valence electrons. The minimum atomic E-state index is -0.171. The van der Waals surface area contributed by atoms with E-state index in [1.807, 2.05) is 6.92 Å². The second-order valence-electron chi connectivity index (χ2n) is 3.87. The van der Waals surface area contributed by atoms with Crippen molar-refractivity contribution in [3.05, 3.63) is 0 Å². The Balaban J connectivity index is 1.82. The van der Waals surface area contributed by atoms with E-state index in [9.17, 15) is 4.79 Å². The van der Waals surface area contributed by atoms with E-state index >= 15 is 0 Å². The number of rotatable bonds is 2. The van der Waals surface area contributed by atoms with E-state index in [2.05, 4.69) is 10.6 Å². The van der Waals surface area contributed by atoms with Crippen LogP contribution in [0.25, 0.3) is 0 Å². The van der Waals surface area contributed by atoms with Gasteiger partial charge in [0.25, 0.3) is 0 Å². The summed E-state index contributed by atoms with van der Waals surface area (Å²) >= 11 is 0. The lowest BCUT2D eigenvalue weighted by atomic mass is 9.83. The number of ether oxygens (including phenoxy) is 1. The second-order valence-corrected chi connectivity index (χ2v) is 3.87. The van der Waals surface area contributed by atoms with Crippen molar-refractivity contribution in [3.8, 4) is 0 Å². The molecular weight excluding hydrogens is 156 g/mol. The Bertz CT molecular complexity index is 197. The molecule has 2 N–H and O–H groups in total. The fourth-order valence-electron chi connectivity index (χ4n) is 1.34. The van der Waals surface area contributed by atoms with Gasteiger partial charge in [-0.2, -0.15) is 0 Å². The molecule has 12 heavy (non-hydrogen) atoms. The van der Waals surface area contributed by atoms with Gasteiger partial charge in [-0.15, -0.1) is 0 Å². The van der Waals surface area contributed by atoms with Crippen LogP contribution in [-0.4, -0.2) is 38.3 Å². The van der Waals surface area contributed by atoms with E-state index in [-0.39, 0.29) is 17.4 Å². The van der Waals surface area contributed by atoms with Crippen LogP contribution in [0.2, 0.25) is 0 Å². The first kappa shape index (κ1) is 8.01. The molecule has 2 saturated heterocycles. The zero-order valence-electron chi connectivity index (χ0n) is 7.22. The van der Waals surface area contributed by atoms with Gasteiger partial charge in [0.2, 0.25) is 5.91 Å². The third kappa shape index (κ3) is 1.21. The van der Waals surface area contributed by atoms with Crippen molar-refractivity contribution >= 4 is 5.91 Å². The fourth-order valence-corrected chi connectivity index (χ4v) is 1.34. The van der Waals surface area contributed by atoms with E-state index < -0.39 is 0 Å². The number of carbonyl (C=O) groups is 1. The lowest BCUT2D eigenvalue weighted by molar-refractivity contribution is -0.136. The molecular formula is C8H14N2O2. The maximum atomic E-state index is 11.5. The van der Waals surface area contributed by atoms with Gasteiger partial charge in [-0.1, -0.05) is 0 Å². The van der Waals surface area contributed by atoms with Crippen molar-refractivity contribution in [1.82, 2.24) is 10.6 Å². The number of nitrogens with one attached hydrogen (secondary N) is 2. The standard InChI is InChI=1S/C8H14N2O2/c1-8(4-9-5-8)7(11)10-6-2-12-3-6/h6,9H,2-5H2,1H3,(H,10,11). The van der Waals surface area contributed by atoms with Crippen LogP contribution in [-0.2, 0) is 9.53 Å². The van der Waals surface area contributed by atoms with Gasteiger partial charge in [0.15, 0.2) is 0 Å². The van der Waals surface area contributed by atoms with Gasteiger partial charge in [-0.25, -0.2) is 0 Å². The summed E-state index contributed by atoms with van der Waals surface area (Å²) in [6.07, 6.45) is 0. The van der Waals surface area contributed by atoms with Crippen LogP contribution in [0.3, 0.4) is 0 Å². The van der Waals surface area contributed by atoms with Crippen LogP contribution in [0.15, 0.2) is 0 Å². The summed E-state index contributed by atoms with van der Waals surface area (Å²) in [4.78, 5) is 11.5. The molecule has 4 nitrogen and oxygen atoms in total. The van der Waals surface area contributed by atoms with E-state index in [0.29, 0.717) is 13.2 Å². The predicted molar refractivity (Wildman–Crippen MR) is 43.7 cm³/mol. The average Bonchev–Trinajstić information content (AvgIpc) is 1.91. The molecule has 0 unspecified atom stereocenters. The highest BCUT2D eigenvalue weighted by molar-refractivity contribution is 5.84. The van der Waals surface area contributed by atoms with Crippen molar-refractivity contribution in [2.24, 2.45) is 5.41 Å². The predicted octanol–water partition coefficient (Wildman–Crippen LogP) is -0.889. The molecule has 0 bridgehead atoms. The molecule has 0 aliphatic carbocycles. The van der Waals surface area contributed by atoms with Crippen LogP contribution >= 0.6 is 0 Å². The van der Waals surface area contributed by atoms with Crippen LogP contribution in [0.5, 0.6) is 0 Å². The van der Waals surface area contributed by atoms with Gasteiger partial charge in [0.1, 0.15) is 0 Å². The first-order valence-corrected chi connectivity index (χ1v) is 4.30. The van der Waals surface area contributed by atoms with Gasteiger partial charge in [-0.3, -0.25) is 4.79 Å². The fraction of sp³-hybridized carbons (Fsp3) is 0.875. The molecule has 0 spiro atoms. The maximum absolute atomic E-state index is 11.5. The second kappa shape index (κ2) is 2.71. The lowest BCUT2D eigenvalue weighted by Gasteiger charge is -2.39. The summed E-state index contributed by atoms with van der Waals surface area (Å²) in [7, 11) is 0. The molecule has 2 fully saturated rings. The Morgan fingerprint density at radius 3 is 2.58 bits per heavy atom.